The molecule has 1 atom stereocenters. The molecule has 6 nitrogen and oxygen atoms in total. The minimum absolute atomic E-state index is 0.000598. The maximum atomic E-state index is 14.6. The highest BCUT2D eigenvalue weighted by molar-refractivity contribution is 8.00. The number of fused-ring (bicyclic) bond motifs is 1. The highest BCUT2D eigenvalue weighted by Crippen LogP contribution is 2.39. The predicted octanol–water partition coefficient (Wildman–Crippen LogP) is 3.51. The maximum absolute atomic E-state index is 14.6. The molecule has 0 spiro atoms. The SMILES string of the molecule is CC(Sc1cc(N2C(=O)C=C(C(F)(F)F)N3CCN=C32)c(F)cc1Cl)C(=O)O. The fourth-order valence-electron chi connectivity index (χ4n) is 2.70. The number of halogens is 5. The lowest BCUT2D eigenvalue weighted by Gasteiger charge is -2.35. The first kappa shape index (κ1) is 20.5. The van der Waals surface area contributed by atoms with Gasteiger partial charge in [0.25, 0.3) is 5.91 Å². The third-order valence-electron chi connectivity index (χ3n) is 3.97. The monoisotopic (exact) mass is 437 g/mol. The van der Waals surface area contributed by atoms with Crippen LogP contribution in [0.1, 0.15) is 6.92 Å². The molecule has 0 aliphatic carbocycles. The summed E-state index contributed by atoms with van der Waals surface area (Å²) in [6.45, 7) is 1.27. The summed E-state index contributed by atoms with van der Waals surface area (Å²) in [6, 6.07) is 2.01. The lowest BCUT2D eigenvalue weighted by molar-refractivity contribution is -0.136. The van der Waals surface area contributed by atoms with Gasteiger partial charge in [-0.25, -0.2) is 9.29 Å². The van der Waals surface area contributed by atoms with Crippen LogP contribution in [0.25, 0.3) is 0 Å². The van der Waals surface area contributed by atoms with Gasteiger partial charge in [-0.2, -0.15) is 13.2 Å². The number of aliphatic carboxylic acids is 1. The summed E-state index contributed by atoms with van der Waals surface area (Å²) in [7, 11) is 0. The smallest absolute Gasteiger partial charge is 0.431 e. The van der Waals surface area contributed by atoms with Crippen LogP contribution in [0.3, 0.4) is 0 Å². The molecule has 0 radical (unpaired) electrons. The molecule has 150 valence electrons. The maximum Gasteiger partial charge on any atom is 0.431 e. The number of hydrogen-bond donors (Lipinski definition) is 1. The van der Waals surface area contributed by atoms with E-state index >= 15 is 0 Å². The van der Waals surface area contributed by atoms with E-state index in [4.69, 9.17) is 16.7 Å². The molecule has 2 aliphatic rings. The number of nitrogens with zero attached hydrogens (tertiary/aromatic N) is 3. The van der Waals surface area contributed by atoms with Gasteiger partial charge < -0.3 is 10.0 Å². The topological polar surface area (TPSA) is 73.2 Å². The van der Waals surface area contributed by atoms with Gasteiger partial charge in [-0.15, -0.1) is 11.8 Å². The lowest BCUT2D eigenvalue weighted by atomic mass is 10.2. The van der Waals surface area contributed by atoms with E-state index in [-0.39, 0.29) is 34.7 Å². The van der Waals surface area contributed by atoms with Gasteiger partial charge in [-0.05, 0) is 19.1 Å². The van der Waals surface area contributed by atoms with Crippen LogP contribution in [-0.4, -0.2) is 52.4 Å². The number of rotatable bonds is 4. The molecule has 3 rings (SSSR count). The Balaban J connectivity index is 2.07. The molecule has 1 N–H and O–H groups in total. The van der Waals surface area contributed by atoms with Crippen molar-refractivity contribution in [3.8, 4) is 0 Å². The van der Waals surface area contributed by atoms with Crippen molar-refractivity contribution in [1.29, 1.82) is 0 Å². The van der Waals surface area contributed by atoms with Gasteiger partial charge in [0, 0.05) is 17.5 Å². The van der Waals surface area contributed by atoms with Crippen LogP contribution >= 0.6 is 23.4 Å². The Morgan fingerprint density at radius 3 is 2.68 bits per heavy atom. The van der Waals surface area contributed by atoms with E-state index in [1.54, 1.807) is 0 Å². The largest absolute Gasteiger partial charge is 0.480 e. The number of hydrogen-bond acceptors (Lipinski definition) is 5. The van der Waals surface area contributed by atoms with Gasteiger partial charge in [0.1, 0.15) is 16.8 Å². The number of alkyl halides is 3. The highest BCUT2D eigenvalue weighted by Gasteiger charge is 2.47. The first-order valence-corrected chi connectivity index (χ1v) is 9.10. The summed E-state index contributed by atoms with van der Waals surface area (Å²) in [5.41, 5.74) is -1.54. The number of thioether (sulfide) groups is 1. The number of carbonyl (C=O) groups is 2. The molecule has 1 aromatic rings. The predicted molar refractivity (Wildman–Crippen MR) is 95.0 cm³/mol. The summed E-state index contributed by atoms with van der Waals surface area (Å²) < 4.78 is 54.2. The van der Waals surface area contributed by atoms with Crippen LogP contribution in [0, 0.1) is 5.82 Å². The van der Waals surface area contributed by atoms with Crippen LogP contribution in [0.5, 0.6) is 0 Å². The van der Waals surface area contributed by atoms with Crippen molar-refractivity contribution >= 4 is 46.9 Å². The van der Waals surface area contributed by atoms with Crippen LogP contribution in [0.15, 0.2) is 33.8 Å². The zero-order valence-corrected chi connectivity index (χ0v) is 15.7. The number of amides is 1. The van der Waals surface area contributed by atoms with E-state index in [0.717, 1.165) is 33.7 Å². The van der Waals surface area contributed by atoms with Crippen LogP contribution in [0.2, 0.25) is 5.02 Å². The van der Waals surface area contributed by atoms with Crippen LogP contribution < -0.4 is 4.90 Å². The van der Waals surface area contributed by atoms with E-state index < -0.39 is 34.8 Å². The number of carbonyl (C=O) groups excluding carboxylic acids is 1. The van der Waals surface area contributed by atoms with Gasteiger partial charge in [0.05, 0.1) is 17.3 Å². The first-order valence-electron chi connectivity index (χ1n) is 7.84. The van der Waals surface area contributed by atoms with Crippen molar-refractivity contribution in [1.82, 2.24) is 4.90 Å². The standard InChI is InChI=1S/C16H12ClF4N3O3S/c1-7(14(26)27)28-11-5-10(9(18)4-8(11)17)24-13(25)6-12(16(19,20)21)23-3-2-22-15(23)24/h4-7H,2-3H2,1H3,(H,26,27). The Labute approximate surface area is 165 Å². The van der Waals surface area contributed by atoms with Gasteiger partial charge >= 0.3 is 12.1 Å². The van der Waals surface area contributed by atoms with E-state index in [0.29, 0.717) is 6.08 Å². The Hall–Kier alpha value is -2.27. The molecule has 28 heavy (non-hydrogen) atoms. The number of carboxylic acids is 1. The van der Waals surface area contributed by atoms with Gasteiger partial charge in [-0.1, -0.05) is 11.6 Å². The molecule has 1 amide bonds. The Morgan fingerprint density at radius 2 is 2.07 bits per heavy atom. The number of guanidine groups is 1. The average molecular weight is 438 g/mol. The van der Waals surface area contributed by atoms with E-state index in [2.05, 4.69) is 4.99 Å². The summed E-state index contributed by atoms with van der Waals surface area (Å²) in [5, 5.41) is 8.03. The average Bonchev–Trinajstić information content (AvgIpc) is 3.05. The minimum atomic E-state index is -4.77. The third-order valence-corrected chi connectivity index (χ3v) is 5.55. The molecular weight excluding hydrogens is 426 g/mol. The fourth-order valence-corrected chi connectivity index (χ4v) is 3.81. The van der Waals surface area contributed by atoms with Crippen LogP contribution in [0.4, 0.5) is 23.2 Å². The summed E-state index contributed by atoms with van der Waals surface area (Å²) in [6.07, 6.45) is -4.39. The molecule has 1 unspecified atom stereocenters. The van der Waals surface area contributed by atoms with Gasteiger partial charge in [0.15, 0.2) is 0 Å². The number of carboxylic acid groups (broad SMARTS) is 1. The van der Waals surface area contributed by atoms with Gasteiger partial charge in [0.2, 0.25) is 5.96 Å². The summed E-state index contributed by atoms with van der Waals surface area (Å²) in [4.78, 5) is 29.1. The van der Waals surface area contributed by atoms with Crippen molar-refractivity contribution in [2.75, 3.05) is 18.0 Å². The van der Waals surface area contributed by atoms with Crippen molar-refractivity contribution in [3.05, 3.63) is 34.7 Å². The number of anilines is 1. The molecule has 0 bridgehead atoms. The van der Waals surface area contributed by atoms with Crippen molar-refractivity contribution in [2.45, 2.75) is 23.2 Å². The zero-order chi connectivity index (χ0) is 20.8. The number of benzene rings is 1. The Bertz CT molecular complexity index is 919. The normalized spacial score (nSPS) is 18.0. The molecule has 0 fully saturated rings. The van der Waals surface area contributed by atoms with E-state index in [1.807, 2.05) is 0 Å². The molecule has 0 saturated carbocycles. The second-order valence-corrected chi connectivity index (χ2v) is 7.66. The van der Waals surface area contributed by atoms with E-state index in [1.165, 1.54) is 6.92 Å². The number of aliphatic imine (C=N–C) groups is 1. The molecule has 0 saturated heterocycles. The lowest BCUT2D eigenvalue weighted by Crippen LogP contribution is -2.51. The number of allylic oxidation sites excluding steroid dienone is 1. The highest BCUT2D eigenvalue weighted by atomic mass is 35.5. The quantitative estimate of drug-likeness (QED) is 0.576. The fraction of sp³-hybridized carbons (Fsp3) is 0.312. The molecule has 1 aromatic carbocycles. The van der Waals surface area contributed by atoms with Crippen molar-refractivity contribution < 1.29 is 32.3 Å². The Kier molecular flexibility index (Phi) is 5.32. The second-order valence-electron chi connectivity index (χ2n) is 5.87. The van der Waals surface area contributed by atoms with Crippen molar-refractivity contribution in [3.63, 3.8) is 0 Å². The minimum Gasteiger partial charge on any atom is -0.480 e. The van der Waals surface area contributed by atoms with E-state index in [9.17, 15) is 27.2 Å². The zero-order valence-electron chi connectivity index (χ0n) is 14.1. The summed E-state index contributed by atoms with van der Waals surface area (Å²) >= 11 is 6.77. The second kappa shape index (κ2) is 7.28. The summed E-state index contributed by atoms with van der Waals surface area (Å²) in [5.74, 6) is -3.55. The van der Waals surface area contributed by atoms with Crippen LogP contribution in [-0.2, 0) is 9.59 Å². The Morgan fingerprint density at radius 1 is 1.39 bits per heavy atom. The molecular formula is C16H12ClF4N3O3S. The third kappa shape index (κ3) is 3.68. The molecule has 0 aromatic heterocycles. The van der Waals surface area contributed by atoms with Crippen molar-refractivity contribution in [2.24, 2.45) is 4.99 Å². The molecule has 2 aliphatic heterocycles. The molecule has 12 heteroatoms. The van der Waals surface area contributed by atoms with Gasteiger partial charge in [-0.3, -0.25) is 14.6 Å². The molecule has 2 heterocycles. The first-order chi connectivity index (χ1) is 13.0.